The van der Waals surface area contributed by atoms with Gasteiger partial charge in [-0.25, -0.2) is 0 Å². The van der Waals surface area contributed by atoms with E-state index in [0.717, 1.165) is 34.5 Å². The number of rotatable bonds is 6. The zero-order chi connectivity index (χ0) is 23.5. The number of carbonyl (C=O) groups excluding carboxylic acids is 1. The van der Waals surface area contributed by atoms with Crippen molar-refractivity contribution >= 4 is 29.3 Å². The molecule has 1 aromatic heterocycles. The van der Waals surface area contributed by atoms with Crippen LogP contribution in [0.5, 0.6) is 0 Å². The summed E-state index contributed by atoms with van der Waals surface area (Å²) in [4.78, 5) is 14.1. The second-order valence-electron chi connectivity index (χ2n) is 6.91. The van der Waals surface area contributed by atoms with Crippen molar-refractivity contribution in [2.45, 2.75) is 36.2 Å². The van der Waals surface area contributed by atoms with Crippen molar-refractivity contribution in [2.75, 3.05) is 36.5 Å². The molecule has 1 atom stereocenters. The fraction of sp³-hybridized carbons (Fsp3) is 0.500. The van der Waals surface area contributed by atoms with Crippen LogP contribution < -0.4 is 10.2 Å². The van der Waals surface area contributed by atoms with Gasteiger partial charge < -0.3 is 15.0 Å². The number of anilines is 2. The van der Waals surface area contributed by atoms with Gasteiger partial charge in [-0.1, -0.05) is 17.8 Å². The molecule has 1 amide bonds. The molecule has 14 heteroatoms. The minimum absolute atomic E-state index is 0.0126. The second-order valence-corrected chi connectivity index (χ2v) is 8.22. The molecule has 1 saturated heterocycles. The van der Waals surface area contributed by atoms with Crippen LogP contribution in [0.2, 0.25) is 0 Å². The molecular weight excluding hydrogens is 464 g/mol. The molecule has 7 nitrogen and oxygen atoms in total. The normalized spacial score (nSPS) is 16.2. The number of alkyl halides is 6. The molecule has 1 aliphatic heterocycles. The molecule has 0 bridgehead atoms. The van der Waals surface area contributed by atoms with Crippen molar-refractivity contribution in [1.29, 1.82) is 0 Å². The number of halogens is 6. The Bertz CT molecular complexity index is 943. The molecule has 176 valence electrons. The summed E-state index contributed by atoms with van der Waals surface area (Å²) in [7, 11) is 0. The predicted octanol–water partition coefficient (Wildman–Crippen LogP) is 3.82. The van der Waals surface area contributed by atoms with Crippen LogP contribution in [-0.4, -0.2) is 58.4 Å². The van der Waals surface area contributed by atoms with E-state index in [4.69, 9.17) is 4.74 Å². The lowest BCUT2D eigenvalue weighted by atomic mass is 10.2. The zero-order valence-corrected chi connectivity index (χ0v) is 17.5. The Labute approximate surface area is 183 Å². The molecule has 0 aliphatic carbocycles. The van der Waals surface area contributed by atoms with Gasteiger partial charge in [0.1, 0.15) is 6.54 Å². The molecule has 2 aromatic rings. The van der Waals surface area contributed by atoms with Crippen LogP contribution >= 0.6 is 11.8 Å². The predicted molar refractivity (Wildman–Crippen MR) is 105 cm³/mol. The maximum Gasteiger partial charge on any atom is 0.416 e. The first-order chi connectivity index (χ1) is 14.9. The maximum absolute atomic E-state index is 13.2. The minimum Gasteiger partial charge on any atom is -0.378 e. The van der Waals surface area contributed by atoms with Crippen molar-refractivity contribution < 1.29 is 35.9 Å². The SMILES string of the molecule is CC(Sc1nnc(N2CCOCC2)n1CC(F)(F)F)C(=O)Nc1cccc(C(F)(F)F)c1. The van der Waals surface area contributed by atoms with E-state index >= 15 is 0 Å². The molecule has 1 fully saturated rings. The molecule has 1 unspecified atom stereocenters. The molecule has 1 N–H and O–H groups in total. The van der Waals surface area contributed by atoms with E-state index in [9.17, 15) is 31.1 Å². The smallest absolute Gasteiger partial charge is 0.378 e. The van der Waals surface area contributed by atoms with Gasteiger partial charge in [0.05, 0.1) is 24.0 Å². The number of nitrogens with one attached hydrogen (secondary N) is 1. The van der Waals surface area contributed by atoms with Gasteiger partial charge >= 0.3 is 12.4 Å². The topological polar surface area (TPSA) is 72.3 Å². The summed E-state index contributed by atoms with van der Waals surface area (Å²) in [5.74, 6) is -0.678. The third-order valence-electron chi connectivity index (χ3n) is 4.44. The number of amides is 1. The summed E-state index contributed by atoms with van der Waals surface area (Å²) >= 11 is 0.730. The summed E-state index contributed by atoms with van der Waals surface area (Å²) in [6, 6.07) is 4.07. The number of hydrogen-bond donors (Lipinski definition) is 1. The lowest BCUT2D eigenvalue weighted by molar-refractivity contribution is -0.141. The quantitative estimate of drug-likeness (QED) is 0.498. The highest BCUT2D eigenvalue weighted by atomic mass is 32.2. The van der Waals surface area contributed by atoms with E-state index in [-0.39, 0.29) is 16.8 Å². The first kappa shape index (κ1) is 24.2. The van der Waals surface area contributed by atoms with Gasteiger partial charge in [0.2, 0.25) is 11.9 Å². The van der Waals surface area contributed by atoms with Gasteiger partial charge in [-0.2, -0.15) is 26.3 Å². The minimum atomic E-state index is -4.58. The summed E-state index contributed by atoms with van der Waals surface area (Å²) < 4.78 is 84.1. The number of carbonyl (C=O) groups is 1. The lowest BCUT2D eigenvalue weighted by Crippen LogP contribution is -2.38. The Morgan fingerprint density at radius 2 is 1.88 bits per heavy atom. The Morgan fingerprint density at radius 1 is 1.19 bits per heavy atom. The Balaban J connectivity index is 1.75. The van der Waals surface area contributed by atoms with Gasteiger partial charge in [-0.05, 0) is 25.1 Å². The molecule has 32 heavy (non-hydrogen) atoms. The second kappa shape index (κ2) is 9.57. The fourth-order valence-corrected chi connectivity index (χ4v) is 3.76. The van der Waals surface area contributed by atoms with Gasteiger partial charge in [-0.3, -0.25) is 9.36 Å². The Hall–Kier alpha value is -2.48. The van der Waals surface area contributed by atoms with Crippen LogP contribution in [0.1, 0.15) is 12.5 Å². The van der Waals surface area contributed by atoms with Gasteiger partial charge in [0, 0.05) is 18.8 Å². The third-order valence-corrected chi connectivity index (χ3v) is 5.52. The average Bonchev–Trinajstić information content (AvgIpc) is 3.08. The van der Waals surface area contributed by atoms with Crippen LogP contribution in [0.25, 0.3) is 0 Å². The monoisotopic (exact) mass is 483 g/mol. The van der Waals surface area contributed by atoms with Crippen molar-refractivity contribution in [2.24, 2.45) is 0 Å². The summed E-state index contributed by atoms with van der Waals surface area (Å²) in [6.07, 6.45) is -9.13. The van der Waals surface area contributed by atoms with Crippen LogP contribution in [-0.2, 0) is 22.3 Å². The number of nitrogens with zero attached hydrogens (tertiary/aromatic N) is 4. The van der Waals surface area contributed by atoms with Crippen LogP contribution in [0.4, 0.5) is 38.0 Å². The average molecular weight is 483 g/mol. The van der Waals surface area contributed by atoms with Crippen molar-refractivity contribution in [3.05, 3.63) is 29.8 Å². The van der Waals surface area contributed by atoms with Crippen LogP contribution in [0, 0.1) is 0 Å². The van der Waals surface area contributed by atoms with E-state index < -0.39 is 35.6 Å². The molecule has 1 aliphatic rings. The van der Waals surface area contributed by atoms with E-state index in [1.54, 1.807) is 4.90 Å². The van der Waals surface area contributed by atoms with Gasteiger partial charge in [0.25, 0.3) is 0 Å². The Kier molecular flexibility index (Phi) is 7.22. The largest absolute Gasteiger partial charge is 0.416 e. The summed E-state index contributed by atoms with van der Waals surface area (Å²) in [5, 5.41) is 8.94. The number of hydrogen-bond acceptors (Lipinski definition) is 6. The molecular formula is C18H19F6N5O2S. The Morgan fingerprint density at radius 3 is 2.50 bits per heavy atom. The molecule has 0 spiro atoms. The maximum atomic E-state index is 13.2. The first-order valence-electron chi connectivity index (χ1n) is 9.41. The van der Waals surface area contributed by atoms with Crippen molar-refractivity contribution in [3.63, 3.8) is 0 Å². The number of benzene rings is 1. The highest BCUT2D eigenvalue weighted by Crippen LogP contribution is 2.32. The zero-order valence-electron chi connectivity index (χ0n) is 16.7. The fourth-order valence-electron chi connectivity index (χ4n) is 2.91. The highest BCUT2D eigenvalue weighted by molar-refractivity contribution is 8.00. The number of morpholine rings is 1. The van der Waals surface area contributed by atoms with E-state index in [1.165, 1.54) is 13.0 Å². The molecule has 2 heterocycles. The third kappa shape index (κ3) is 6.28. The summed E-state index contributed by atoms with van der Waals surface area (Å²) in [5.41, 5.74) is -1.02. The van der Waals surface area contributed by atoms with Crippen LogP contribution in [0.15, 0.2) is 29.4 Å². The molecule has 0 radical (unpaired) electrons. The van der Waals surface area contributed by atoms with E-state index in [0.29, 0.717) is 26.3 Å². The first-order valence-corrected chi connectivity index (χ1v) is 10.3. The number of ether oxygens (including phenoxy) is 1. The molecule has 0 saturated carbocycles. The van der Waals surface area contributed by atoms with Crippen molar-refractivity contribution in [3.8, 4) is 0 Å². The van der Waals surface area contributed by atoms with Gasteiger partial charge in [0.15, 0.2) is 5.16 Å². The summed E-state index contributed by atoms with van der Waals surface area (Å²) in [6.45, 7) is 1.40. The number of thioether (sulfide) groups is 1. The number of aromatic nitrogens is 3. The van der Waals surface area contributed by atoms with Gasteiger partial charge in [-0.15, -0.1) is 10.2 Å². The highest BCUT2D eigenvalue weighted by Gasteiger charge is 2.34. The standard InChI is InChI=1S/C18H19F6N5O2S/c1-11(14(30)25-13-4-2-3-12(9-13)18(22,23)24)32-16-27-26-15(28-5-7-31-8-6-28)29(16)10-17(19,20)21/h2-4,9,11H,5-8,10H2,1H3,(H,25,30). The van der Waals surface area contributed by atoms with Crippen LogP contribution in [0.3, 0.4) is 0 Å². The molecule has 3 rings (SSSR count). The van der Waals surface area contributed by atoms with Crippen molar-refractivity contribution in [1.82, 2.24) is 14.8 Å². The van der Waals surface area contributed by atoms with E-state index in [1.807, 2.05) is 0 Å². The lowest BCUT2D eigenvalue weighted by Gasteiger charge is -2.28. The van der Waals surface area contributed by atoms with E-state index in [2.05, 4.69) is 15.5 Å². The molecule has 1 aromatic carbocycles.